The molecule has 0 spiro atoms. The molecular weight excluding hydrogens is 499 g/mol. The molecule has 1 aliphatic rings. The van der Waals surface area contributed by atoms with Gasteiger partial charge in [-0.2, -0.15) is 0 Å². The number of fused-ring (bicyclic) bond motifs is 1. The molecule has 1 aromatic heterocycles. The first-order valence-electron chi connectivity index (χ1n) is 11.3. The second kappa shape index (κ2) is 10.8. The summed E-state index contributed by atoms with van der Waals surface area (Å²) in [4.78, 5) is 26.3. The number of likely N-dealkylation sites (N-methyl/N-ethyl adjacent to an activating group) is 1. The highest BCUT2D eigenvalue weighted by Gasteiger charge is 2.31. The Morgan fingerprint density at radius 1 is 1.11 bits per heavy atom. The number of amides is 1. The number of ether oxygens (including phenoxy) is 2. The zero-order valence-electron chi connectivity index (χ0n) is 19.7. The van der Waals surface area contributed by atoms with Crippen molar-refractivity contribution >= 4 is 40.0 Å². The molecule has 0 saturated carbocycles. The van der Waals surface area contributed by atoms with Crippen molar-refractivity contribution in [1.82, 2.24) is 14.9 Å². The van der Waals surface area contributed by atoms with E-state index >= 15 is 0 Å². The lowest BCUT2D eigenvalue weighted by Crippen LogP contribution is -2.30. The Morgan fingerprint density at radius 2 is 1.92 bits per heavy atom. The number of carbonyl (C=O) groups is 1. The van der Waals surface area contributed by atoms with Crippen LogP contribution < -0.4 is 19.7 Å². The number of anilines is 2. The highest BCUT2D eigenvalue weighted by molar-refractivity contribution is 6.32. The lowest BCUT2D eigenvalue weighted by atomic mass is 10.1. The predicted octanol–water partition coefficient (Wildman–Crippen LogP) is 4.65. The molecule has 1 amide bonds. The number of hydrogen-bond donors (Lipinski definition) is 1. The van der Waals surface area contributed by atoms with Crippen molar-refractivity contribution in [3.05, 3.63) is 47.1 Å². The van der Waals surface area contributed by atoms with E-state index in [0.717, 1.165) is 61.3 Å². The fraction of sp³-hybridized carbons (Fsp3) is 0.375. The molecule has 8 nitrogen and oxygen atoms in total. The molecule has 12 heteroatoms. The van der Waals surface area contributed by atoms with Crippen LogP contribution in [0.5, 0.6) is 11.5 Å². The highest BCUT2D eigenvalue weighted by atomic mass is 35.5. The standard InChI is InChI=1S/C24H25ClF3N5O3/c1-15-18-12-16(4-6-20(18)31-23(29-15)33-9-3-8-32(2)10-11-33)30-22(34)14-35-21-7-5-17(13-19(21)25)36-24(26,27)28/h4-7,12-13H,3,8-11,14H2,1-2H3,(H,30,34). The Labute approximate surface area is 211 Å². The van der Waals surface area contributed by atoms with E-state index in [9.17, 15) is 18.0 Å². The average molecular weight is 524 g/mol. The highest BCUT2D eigenvalue weighted by Crippen LogP contribution is 2.31. The fourth-order valence-corrected chi connectivity index (χ4v) is 4.09. The largest absolute Gasteiger partial charge is 0.573 e. The SMILES string of the molecule is Cc1nc(N2CCCN(C)CC2)nc2ccc(NC(=O)COc3ccc(OC(F)(F)F)cc3Cl)cc12. The molecule has 0 unspecified atom stereocenters. The van der Waals surface area contributed by atoms with E-state index in [1.807, 2.05) is 13.0 Å². The molecule has 1 fully saturated rings. The minimum absolute atomic E-state index is 0.0522. The molecule has 192 valence electrons. The van der Waals surface area contributed by atoms with Crippen LogP contribution in [0.2, 0.25) is 5.02 Å². The lowest BCUT2D eigenvalue weighted by Gasteiger charge is -2.21. The van der Waals surface area contributed by atoms with E-state index in [2.05, 4.69) is 26.9 Å². The van der Waals surface area contributed by atoms with E-state index in [-0.39, 0.29) is 10.8 Å². The monoisotopic (exact) mass is 523 g/mol. The van der Waals surface area contributed by atoms with Crippen LogP contribution in [0.1, 0.15) is 12.1 Å². The van der Waals surface area contributed by atoms with E-state index < -0.39 is 24.6 Å². The lowest BCUT2D eigenvalue weighted by molar-refractivity contribution is -0.274. The van der Waals surface area contributed by atoms with Gasteiger partial charge < -0.3 is 24.6 Å². The number of nitrogens with zero attached hydrogens (tertiary/aromatic N) is 4. The summed E-state index contributed by atoms with van der Waals surface area (Å²) in [6.45, 7) is 5.25. The quantitative estimate of drug-likeness (QED) is 0.504. The summed E-state index contributed by atoms with van der Waals surface area (Å²) in [6.07, 6.45) is -3.79. The zero-order valence-corrected chi connectivity index (χ0v) is 20.5. The van der Waals surface area contributed by atoms with Crippen molar-refractivity contribution in [3.63, 3.8) is 0 Å². The van der Waals surface area contributed by atoms with Crippen molar-refractivity contribution < 1.29 is 27.4 Å². The minimum Gasteiger partial charge on any atom is -0.482 e. The number of rotatable bonds is 6. The molecule has 2 aromatic carbocycles. The third-order valence-corrected chi connectivity index (χ3v) is 5.95. The average Bonchev–Trinajstić information content (AvgIpc) is 3.02. The van der Waals surface area contributed by atoms with Crippen LogP contribution in [0.3, 0.4) is 0 Å². The number of carbonyl (C=O) groups excluding carboxylic acids is 1. The Bertz CT molecular complexity index is 1260. The molecule has 0 atom stereocenters. The van der Waals surface area contributed by atoms with Crippen molar-refractivity contribution in [1.29, 1.82) is 0 Å². The number of benzene rings is 2. The first-order valence-corrected chi connectivity index (χ1v) is 11.6. The van der Waals surface area contributed by atoms with Gasteiger partial charge in [0.05, 0.1) is 16.2 Å². The molecule has 0 bridgehead atoms. The van der Waals surface area contributed by atoms with Gasteiger partial charge in [-0.25, -0.2) is 9.97 Å². The Kier molecular flexibility index (Phi) is 7.70. The van der Waals surface area contributed by atoms with Gasteiger partial charge >= 0.3 is 6.36 Å². The van der Waals surface area contributed by atoms with Gasteiger partial charge in [-0.05, 0) is 57.3 Å². The van der Waals surface area contributed by atoms with E-state index in [1.165, 1.54) is 6.07 Å². The number of aromatic nitrogens is 2. The number of nitrogens with one attached hydrogen (secondary N) is 1. The van der Waals surface area contributed by atoms with Gasteiger partial charge in [-0.15, -0.1) is 13.2 Å². The van der Waals surface area contributed by atoms with Crippen molar-refractivity contribution in [3.8, 4) is 11.5 Å². The summed E-state index contributed by atoms with van der Waals surface area (Å²) in [6, 6.07) is 8.57. The number of aryl methyl sites for hydroxylation is 1. The summed E-state index contributed by atoms with van der Waals surface area (Å²) in [5, 5.41) is 3.43. The molecule has 0 radical (unpaired) electrons. The Hall–Kier alpha value is -3.31. The summed E-state index contributed by atoms with van der Waals surface area (Å²) in [7, 11) is 2.11. The van der Waals surface area contributed by atoms with E-state index in [1.54, 1.807) is 12.1 Å². The van der Waals surface area contributed by atoms with Crippen molar-refractivity contribution in [2.24, 2.45) is 0 Å². The summed E-state index contributed by atoms with van der Waals surface area (Å²) in [5.41, 5.74) is 2.11. The maximum atomic E-state index is 12.4. The topological polar surface area (TPSA) is 79.8 Å². The smallest absolute Gasteiger partial charge is 0.482 e. The Balaban J connectivity index is 1.39. The number of alkyl halides is 3. The molecule has 3 aromatic rings. The summed E-state index contributed by atoms with van der Waals surface area (Å²) >= 11 is 5.95. The van der Waals surface area contributed by atoms with Gasteiger partial charge in [-0.1, -0.05) is 11.6 Å². The van der Waals surface area contributed by atoms with Crippen LogP contribution in [-0.2, 0) is 4.79 Å². The first-order chi connectivity index (χ1) is 17.1. The van der Waals surface area contributed by atoms with Crippen molar-refractivity contribution in [2.45, 2.75) is 19.7 Å². The first kappa shape index (κ1) is 25.8. The summed E-state index contributed by atoms with van der Waals surface area (Å²) < 4.78 is 46.1. The number of hydrogen-bond acceptors (Lipinski definition) is 7. The molecular formula is C24H25ClF3N5O3. The van der Waals surface area contributed by atoms with Crippen LogP contribution in [0.15, 0.2) is 36.4 Å². The van der Waals surface area contributed by atoms with Crippen LogP contribution >= 0.6 is 11.6 Å². The van der Waals surface area contributed by atoms with Crippen molar-refractivity contribution in [2.75, 3.05) is 50.1 Å². The van der Waals surface area contributed by atoms with Gasteiger partial charge in [0.15, 0.2) is 6.61 Å². The third kappa shape index (κ3) is 6.67. The van der Waals surface area contributed by atoms with Gasteiger partial charge in [0.1, 0.15) is 11.5 Å². The normalized spacial score (nSPS) is 15.0. The molecule has 4 rings (SSSR count). The predicted molar refractivity (Wildman–Crippen MR) is 131 cm³/mol. The number of halogens is 4. The third-order valence-electron chi connectivity index (χ3n) is 5.66. The van der Waals surface area contributed by atoms with Crippen LogP contribution in [0, 0.1) is 6.92 Å². The second-order valence-electron chi connectivity index (χ2n) is 8.46. The van der Waals surface area contributed by atoms with Gasteiger partial charge in [-0.3, -0.25) is 4.79 Å². The van der Waals surface area contributed by atoms with Crippen LogP contribution in [0.25, 0.3) is 10.9 Å². The maximum absolute atomic E-state index is 12.4. The molecule has 1 saturated heterocycles. The Morgan fingerprint density at radius 3 is 2.67 bits per heavy atom. The van der Waals surface area contributed by atoms with Crippen LogP contribution in [0.4, 0.5) is 24.8 Å². The van der Waals surface area contributed by atoms with Crippen LogP contribution in [-0.4, -0.2) is 67.0 Å². The zero-order chi connectivity index (χ0) is 25.9. The minimum atomic E-state index is -4.83. The molecule has 2 heterocycles. The van der Waals surface area contributed by atoms with Gasteiger partial charge in [0.2, 0.25) is 5.95 Å². The molecule has 36 heavy (non-hydrogen) atoms. The van der Waals surface area contributed by atoms with Gasteiger partial charge in [0, 0.05) is 36.8 Å². The maximum Gasteiger partial charge on any atom is 0.573 e. The van der Waals surface area contributed by atoms with E-state index in [0.29, 0.717) is 11.6 Å². The fourth-order valence-electron chi connectivity index (χ4n) is 3.87. The molecule has 1 N–H and O–H groups in total. The summed E-state index contributed by atoms with van der Waals surface area (Å²) in [5.74, 6) is -0.199. The van der Waals surface area contributed by atoms with E-state index in [4.69, 9.17) is 26.3 Å². The second-order valence-corrected chi connectivity index (χ2v) is 8.87. The molecule has 0 aliphatic carbocycles. The molecule has 1 aliphatic heterocycles. The van der Waals surface area contributed by atoms with Gasteiger partial charge in [0.25, 0.3) is 5.91 Å².